The number of amides is 1. The lowest BCUT2D eigenvalue weighted by molar-refractivity contribution is 0.0994. The van der Waals surface area contributed by atoms with Gasteiger partial charge in [-0.3, -0.25) is 4.79 Å². The molecule has 0 spiro atoms. The van der Waals surface area contributed by atoms with Crippen LogP contribution in [0, 0.1) is 14.9 Å². The number of fused-ring (bicyclic) bond motifs is 2. The Morgan fingerprint density at radius 2 is 2.38 bits per heavy atom. The average molecular weight is 394 g/mol. The molecule has 2 aliphatic rings. The number of carbonyl (C=O) groups is 1. The van der Waals surface area contributed by atoms with Crippen LogP contribution in [0.25, 0.3) is 5.82 Å². The molecule has 1 saturated carbocycles. The lowest BCUT2D eigenvalue weighted by Gasteiger charge is -2.19. The Hall–Kier alpha value is -1.44. The summed E-state index contributed by atoms with van der Waals surface area (Å²) in [5, 5.41) is 4.47. The summed E-state index contributed by atoms with van der Waals surface area (Å²) >= 11 is 2.25. The van der Waals surface area contributed by atoms with Crippen LogP contribution < -0.4 is 5.73 Å². The highest BCUT2D eigenvalue weighted by molar-refractivity contribution is 14.1. The average Bonchev–Trinajstić information content (AvgIpc) is 2.94. The highest BCUT2D eigenvalue weighted by atomic mass is 127. The molecule has 1 amide bonds. The Morgan fingerprint density at radius 3 is 3.10 bits per heavy atom. The number of nitrogens with zero attached hydrogens (tertiary/aromatic N) is 3. The fourth-order valence-electron chi connectivity index (χ4n) is 3.45. The maximum Gasteiger partial charge on any atom is 0.269 e. The first-order valence-corrected chi connectivity index (χ1v) is 8.08. The zero-order valence-corrected chi connectivity index (χ0v) is 13.8. The Bertz CT molecular complexity index is 769. The second-order valence-electron chi connectivity index (χ2n) is 6.32. The molecule has 4 rings (SSSR count). The third-order valence-corrected chi connectivity index (χ3v) is 5.48. The van der Waals surface area contributed by atoms with E-state index in [2.05, 4.69) is 39.6 Å². The van der Waals surface area contributed by atoms with E-state index in [-0.39, 0.29) is 0 Å². The summed E-state index contributed by atoms with van der Waals surface area (Å²) in [5.74, 6) is 0.984. The molecule has 0 saturated heterocycles. The van der Waals surface area contributed by atoms with Crippen LogP contribution >= 0.6 is 22.6 Å². The van der Waals surface area contributed by atoms with Crippen molar-refractivity contribution in [3.8, 4) is 5.82 Å². The molecule has 2 aliphatic carbocycles. The molecule has 2 heterocycles. The summed E-state index contributed by atoms with van der Waals surface area (Å²) in [4.78, 5) is 16.1. The molecule has 2 atom stereocenters. The van der Waals surface area contributed by atoms with Crippen LogP contribution in [0.4, 0.5) is 0 Å². The largest absolute Gasteiger partial charge is 0.364 e. The molecule has 6 heteroatoms. The van der Waals surface area contributed by atoms with Crippen LogP contribution in [0.1, 0.15) is 35.1 Å². The highest BCUT2D eigenvalue weighted by Crippen LogP contribution is 2.59. The van der Waals surface area contributed by atoms with Gasteiger partial charge in [-0.1, -0.05) is 6.92 Å². The quantitative estimate of drug-likeness (QED) is 0.793. The first-order valence-electron chi connectivity index (χ1n) is 7.00. The van der Waals surface area contributed by atoms with Crippen molar-refractivity contribution in [2.45, 2.75) is 26.2 Å². The summed E-state index contributed by atoms with van der Waals surface area (Å²) in [6, 6.07) is 3.91. The summed E-state index contributed by atoms with van der Waals surface area (Å²) in [5.41, 5.74) is 8.43. The van der Waals surface area contributed by atoms with Crippen molar-refractivity contribution >= 4 is 28.5 Å². The number of primary amides is 1. The molecule has 1 fully saturated rings. The van der Waals surface area contributed by atoms with Crippen molar-refractivity contribution in [1.82, 2.24) is 14.8 Å². The van der Waals surface area contributed by atoms with E-state index < -0.39 is 5.91 Å². The van der Waals surface area contributed by atoms with Crippen molar-refractivity contribution in [2.75, 3.05) is 0 Å². The third-order valence-electron chi connectivity index (χ3n) is 4.81. The van der Waals surface area contributed by atoms with Crippen LogP contribution in [0.15, 0.2) is 18.3 Å². The predicted molar refractivity (Wildman–Crippen MR) is 86.2 cm³/mol. The lowest BCUT2D eigenvalue weighted by atomic mass is 9.87. The van der Waals surface area contributed by atoms with Crippen molar-refractivity contribution in [1.29, 1.82) is 0 Å². The molecular formula is C15H15IN4O. The minimum atomic E-state index is -0.445. The van der Waals surface area contributed by atoms with Gasteiger partial charge in [0, 0.05) is 15.3 Å². The fraction of sp³-hybridized carbons (Fsp3) is 0.400. The second kappa shape index (κ2) is 4.28. The van der Waals surface area contributed by atoms with Crippen LogP contribution in [0.2, 0.25) is 0 Å². The second-order valence-corrected chi connectivity index (χ2v) is 7.56. The molecule has 1 unspecified atom stereocenters. The van der Waals surface area contributed by atoms with Gasteiger partial charge in [-0.15, -0.1) is 0 Å². The highest BCUT2D eigenvalue weighted by Gasteiger charge is 2.54. The normalized spacial score (nSPS) is 26.1. The third kappa shape index (κ3) is 1.99. The smallest absolute Gasteiger partial charge is 0.269 e. The van der Waals surface area contributed by atoms with E-state index >= 15 is 0 Å². The molecule has 108 valence electrons. The summed E-state index contributed by atoms with van der Waals surface area (Å²) in [6.07, 6.45) is 4.84. The van der Waals surface area contributed by atoms with Crippen LogP contribution in [0.3, 0.4) is 0 Å². The van der Waals surface area contributed by atoms with E-state index in [1.165, 1.54) is 6.42 Å². The maximum absolute atomic E-state index is 11.7. The van der Waals surface area contributed by atoms with Gasteiger partial charge in [-0.05, 0) is 65.3 Å². The van der Waals surface area contributed by atoms with Gasteiger partial charge < -0.3 is 5.73 Å². The molecule has 2 aromatic rings. The van der Waals surface area contributed by atoms with Crippen molar-refractivity contribution < 1.29 is 4.79 Å². The minimum absolute atomic E-state index is 0.363. The van der Waals surface area contributed by atoms with E-state index in [9.17, 15) is 4.79 Å². The van der Waals surface area contributed by atoms with Crippen molar-refractivity contribution in [2.24, 2.45) is 17.1 Å². The number of rotatable bonds is 2. The zero-order chi connectivity index (χ0) is 14.8. The van der Waals surface area contributed by atoms with Gasteiger partial charge in [0.2, 0.25) is 0 Å². The molecule has 5 nitrogen and oxygen atoms in total. The number of hydrogen-bond donors (Lipinski definition) is 1. The van der Waals surface area contributed by atoms with E-state index in [0.717, 1.165) is 33.5 Å². The topological polar surface area (TPSA) is 73.8 Å². The summed E-state index contributed by atoms with van der Waals surface area (Å²) in [7, 11) is 0. The van der Waals surface area contributed by atoms with Crippen molar-refractivity contribution in [3.63, 3.8) is 0 Å². The Labute approximate surface area is 136 Å². The first-order chi connectivity index (χ1) is 9.98. The van der Waals surface area contributed by atoms with Crippen LogP contribution in [0.5, 0.6) is 0 Å². The van der Waals surface area contributed by atoms with Gasteiger partial charge in [-0.25, -0.2) is 9.67 Å². The number of aromatic nitrogens is 3. The van der Waals surface area contributed by atoms with Gasteiger partial charge in [0.1, 0.15) is 0 Å². The van der Waals surface area contributed by atoms with Gasteiger partial charge in [0.15, 0.2) is 11.5 Å². The van der Waals surface area contributed by atoms with E-state index in [0.29, 0.717) is 17.0 Å². The standard InChI is InChI=1S/C15H15IN4O/c1-15-6-8(15)4-10-11(7-15)20(19-13(10)14(17)21)12-5-9(16)2-3-18-12/h2-3,5,8H,4,6-7H2,1H3,(H2,17,21)/t8-,15?/m0/s1. The van der Waals surface area contributed by atoms with Crippen LogP contribution in [-0.4, -0.2) is 20.7 Å². The van der Waals surface area contributed by atoms with Gasteiger partial charge in [0.25, 0.3) is 5.91 Å². The number of halogens is 1. The summed E-state index contributed by atoms with van der Waals surface area (Å²) in [6.45, 7) is 2.31. The van der Waals surface area contributed by atoms with E-state index in [4.69, 9.17) is 5.73 Å². The zero-order valence-electron chi connectivity index (χ0n) is 11.6. The number of nitrogens with two attached hydrogens (primary N) is 1. The molecule has 0 bridgehead atoms. The van der Waals surface area contributed by atoms with Gasteiger partial charge in [-0.2, -0.15) is 5.10 Å². The molecule has 0 aromatic carbocycles. The Morgan fingerprint density at radius 1 is 1.57 bits per heavy atom. The van der Waals surface area contributed by atoms with E-state index in [1.54, 1.807) is 6.20 Å². The molecular weight excluding hydrogens is 379 g/mol. The molecule has 21 heavy (non-hydrogen) atoms. The number of carbonyl (C=O) groups excluding carboxylic acids is 1. The summed E-state index contributed by atoms with van der Waals surface area (Å²) < 4.78 is 2.91. The lowest BCUT2D eigenvalue weighted by Crippen LogP contribution is -2.18. The first kappa shape index (κ1) is 13.2. The fourth-order valence-corrected chi connectivity index (χ4v) is 3.89. The molecule has 2 N–H and O–H groups in total. The molecule has 2 aromatic heterocycles. The number of pyridine rings is 1. The van der Waals surface area contributed by atoms with Gasteiger partial charge in [0.05, 0.1) is 5.69 Å². The maximum atomic E-state index is 11.7. The predicted octanol–water partition coefficient (Wildman–Crippen LogP) is 2.10. The SMILES string of the molecule is CC12Cc3c(c(C(N)=O)nn3-c3cc(I)ccn3)C[C@H]1C2. The Balaban J connectivity index is 1.90. The minimum Gasteiger partial charge on any atom is -0.364 e. The monoisotopic (exact) mass is 394 g/mol. The molecule has 0 radical (unpaired) electrons. The van der Waals surface area contributed by atoms with Crippen molar-refractivity contribution in [3.05, 3.63) is 38.9 Å². The van der Waals surface area contributed by atoms with Crippen LogP contribution in [-0.2, 0) is 12.8 Å². The Kier molecular flexibility index (Phi) is 2.70. The van der Waals surface area contributed by atoms with Gasteiger partial charge >= 0.3 is 0 Å². The molecule has 0 aliphatic heterocycles. The van der Waals surface area contributed by atoms with E-state index in [1.807, 2.05) is 16.8 Å². The number of hydrogen-bond acceptors (Lipinski definition) is 3.